The molecule has 1 aromatic heterocycles. The first-order valence-corrected chi connectivity index (χ1v) is 7.03. The van der Waals surface area contributed by atoms with Crippen LogP contribution in [0.5, 0.6) is 0 Å². The summed E-state index contributed by atoms with van der Waals surface area (Å²) >= 11 is 0. The van der Waals surface area contributed by atoms with E-state index in [1.807, 2.05) is 12.3 Å². The monoisotopic (exact) mass is 252 g/mol. The van der Waals surface area contributed by atoms with Crippen LogP contribution >= 0.6 is 0 Å². The fourth-order valence-corrected chi connectivity index (χ4v) is 3.05. The molecule has 3 rings (SSSR count). The van der Waals surface area contributed by atoms with Crippen molar-refractivity contribution in [3.63, 3.8) is 0 Å². The molecule has 0 saturated carbocycles. The van der Waals surface area contributed by atoms with Crippen LogP contribution in [0, 0.1) is 5.92 Å². The van der Waals surface area contributed by atoms with Crippen molar-refractivity contribution in [3.8, 4) is 0 Å². The largest absolute Gasteiger partial charge is 0.290 e. The summed E-state index contributed by atoms with van der Waals surface area (Å²) < 4.78 is 0. The van der Waals surface area contributed by atoms with E-state index < -0.39 is 0 Å². The van der Waals surface area contributed by atoms with Crippen molar-refractivity contribution in [2.24, 2.45) is 5.92 Å². The van der Waals surface area contributed by atoms with Gasteiger partial charge in [-0.15, -0.1) is 0 Å². The third-order valence-electron chi connectivity index (χ3n) is 4.02. The number of hydrogen-bond acceptors (Lipinski definition) is 2. The summed E-state index contributed by atoms with van der Waals surface area (Å²) in [7, 11) is 0. The number of pyridine rings is 1. The van der Waals surface area contributed by atoms with Crippen molar-refractivity contribution in [1.29, 1.82) is 0 Å². The Labute approximate surface area is 115 Å². The van der Waals surface area contributed by atoms with Gasteiger partial charge in [0.1, 0.15) is 0 Å². The summed E-state index contributed by atoms with van der Waals surface area (Å²) in [5.41, 5.74) is 2.60. The second kappa shape index (κ2) is 5.54. The molecule has 1 aliphatic heterocycles. The standard InChI is InChI=1S/C17H20N2/c1-14-10-12-19(13-15-7-3-2-4-8-15)17(14)16-9-5-6-11-18-16/h2-9,11,14,17H,10,12-13H2,1H3. The topological polar surface area (TPSA) is 16.1 Å². The van der Waals surface area contributed by atoms with Crippen LogP contribution < -0.4 is 0 Å². The van der Waals surface area contributed by atoms with Crippen molar-refractivity contribution in [3.05, 3.63) is 66.0 Å². The second-order valence-corrected chi connectivity index (χ2v) is 5.42. The van der Waals surface area contributed by atoms with Crippen LogP contribution in [0.25, 0.3) is 0 Å². The van der Waals surface area contributed by atoms with E-state index in [1.54, 1.807) is 0 Å². The smallest absolute Gasteiger partial charge is 0.0578 e. The van der Waals surface area contributed by atoms with Gasteiger partial charge in [-0.25, -0.2) is 0 Å². The minimum Gasteiger partial charge on any atom is -0.290 e. The molecular weight excluding hydrogens is 232 g/mol. The van der Waals surface area contributed by atoms with Gasteiger partial charge in [-0.05, 0) is 36.6 Å². The zero-order valence-electron chi connectivity index (χ0n) is 11.4. The lowest BCUT2D eigenvalue weighted by Gasteiger charge is -2.26. The molecule has 2 heterocycles. The Kier molecular flexibility index (Phi) is 3.60. The average Bonchev–Trinajstić information content (AvgIpc) is 2.82. The van der Waals surface area contributed by atoms with Gasteiger partial charge >= 0.3 is 0 Å². The Bertz CT molecular complexity index is 509. The van der Waals surface area contributed by atoms with Gasteiger partial charge in [-0.1, -0.05) is 43.3 Å². The maximum absolute atomic E-state index is 4.56. The van der Waals surface area contributed by atoms with E-state index in [4.69, 9.17) is 0 Å². The number of likely N-dealkylation sites (tertiary alicyclic amines) is 1. The van der Waals surface area contributed by atoms with Gasteiger partial charge in [0.15, 0.2) is 0 Å². The zero-order valence-corrected chi connectivity index (χ0v) is 11.4. The molecule has 0 aliphatic carbocycles. The number of benzene rings is 1. The molecule has 98 valence electrons. The summed E-state index contributed by atoms with van der Waals surface area (Å²) in [6.45, 7) is 4.52. The molecule has 1 saturated heterocycles. The molecule has 0 amide bonds. The molecular formula is C17H20N2. The Morgan fingerprint density at radius 3 is 2.63 bits per heavy atom. The maximum atomic E-state index is 4.56. The molecule has 0 bridgehead atoms. The van der Waals surface area contributed by atoms with Crippen molar-refractivity contribution in [2.45, 2.75) is 25.9 Å². The van der Waals surface area contributed by atoms with Crippen LogP contribution in [-0.4, -0.2) is 16.4 Å². The van der Waals surface area contributed by atoms with E-state index >= 15 is 0 Å². The first kappa shape index (κ1) is 12.4. The molecule has 2 nitrogen and oxygen atoms in total. The minimum atomic E-state index is 0.460. The molecule has 19 heavy (non-hydrogen) atoms. The van der Waals surface area contributed by atoms with Gasteiger partial charge in [0.25, 0.3) is 0 Å². The van der Waals surface area contributed by atoms with Crippen LogP contribution in [0.1, 0.15) is 30.6 Å². The number of hydrogen-bond donors (Lipinski definition) is 0. The van der Waals surface area contributed by atoms with E-state index in [0.717, 1.165) is 13.1 Å². The highest BCUT2D eigenvalue weighted by atomic mass is 15.2. The highest BCUT2D eigenvalue weighted by Gasteiger charge is 2.32. The number of rotatable bonds is 3. The summed E-state index contributed by atoms with van der Waals surface area (Å²) in [6.07, 6.45) is 3.16. The molecule has 1 aromatic carbocycles. The van der Waals surface area contributed by atoms with E-state index in [9.17, 15) is 0 Å². The van der Waals surface area contributed by atoms with Gasteiger partial charge in [-0.3, -0.25) is 9.88 Å². The quantitative estimate of drug-likeness (QED) is 0.828. The zero-order chi connectivity index (χ0) is 13.1. The molecule has 1 fully saturated rings. The van der Waals surface area contributed by atoms with E-state index in [-0.39, 0.29) is 0 Å². The summed E-state index contributed by atoms with van der Waals surface area (Å²) in [6, 6.07) is 17.4. The fraction of sp³-hybridized carbons (Fsp3) is 0.353. The van der Waals surface area contributed by atoms with Crippen LogP contribution in [0.4, 0.5) is 0 Å². The molecule has 2 atom stereocenters. The Hall–Kier alpha value is -1.67. The maximum Gasteiger partial charge on any atom is 0.0578 e. The lowest BCUT2D eigenvalue weighted by Crippen LogP contribution is -2.25. The lowest BCUT2D eigenvalue weighted by molar-refractivity contribution is 0.221. The van der Waals surface area contributed by atoms with Crippen LogP contribution in [0.2, 0.25) is 0 Å². The first-order chi connectivity index (χ1) is 9.34. The second-order valence-electron chi connectivity index (χ2n) is 5.42. The summed E-state index contributed by atoms with van der Waals surface area (Å²) in [5, 5.41) is 0. The van der Waals surface area contributed by atoms with Crippen molar-refractivity contribution in [1.82, 2.24) is 9.88 Å². The van der Waals surface area contributed by atoms with Gasteiger partial charge < -0.3 is 0 Å². The first-order valence-electron chi connectivity index (χ1n) is 7.03. The molecule has 0 spiro atoms. The minimum absolute atomic E-state index is 0.460. The molecule has 2 unspecified atom stereocenters. The normalized spacial score (nSPS) is 23.6. The molecule has 2 aromatic rings. The van der Waals surface area contributed by atoms with Crippen molar-refractivity contribution in [2.75, 3.05) is 6.54 Å². The highest BCUT2D eigenvalue weighted by Crippen LogP contribution is 2.36. The number of nitrogens with zero attached hydrogens (tertiary/aromatic N) is 2. The summed E-state index contributed by atoms with van der Waals surface area (Å²) in [4.78, 5) is 7.12. The molecule has 0 N–H and O–H groups in total. The van der Waals surface area contributed by atoms with Gasteiger partial charge in [0, 0.05) is 12.7 Å². The van der Waals surface area contributed by atoms with E-state index in [1.165, 1.54) is 17.7 Å². The van der Waals surface area contributed by atoms with E-state index in [2.05, 4.69) is 59.3 Å². The fourth-order valence-electron chi connectivity index (χ4n) is 3.05. The SMILES string of the molecule is CC1CCN(Cc2ccccc2)C1c1ccccn1. The predicted octanol–water partition coefficient (Wildman–Crippen LogP) is 3.66. The van der Waals surface area contributed by atoms with Gasteiger partial charge in [0.05, 0.1) is 11.7 Å². The van der Waals surface area contributed by atoms with Crippen molar-refractivity contribution >= 4 is 0 Å². The van der Waals surface area contributed by atoms with Gasteiger partial charge in [-0.2, -0.15) is 0 Å². The van der Waals surface area contributed by atoms with Gasteiger partial charge in [0.2, 0.25) is 0 Å². The van der Waals surface area contributed by atoms with Crippen LogP contribution in [0.15, 0.2) is 54.7 Å². The Balaban J connectivity index is 1.81. The predicted molar refractivity (Wildman–Crippen MR) is 77.6 cm³/mol. The molecule has 2 heteroatoms. The number of aromatic nitrogens is 1. The Morgan fingerprint density at radius 2 is 1.89 bits per heavy atom. The Morgan fingerprint density at radius 1 is 1.11 bits per heavy atom. The highest BCUT2D eigenvalue weighted by molar-refractivity contribution is 5.17. The van der Waals surface area contributed by atoms with Crippen LogP contribution in [-0.2, 0) is 6.54 Å². The summed E-state index contributed by atoms with van der Waals surface area (Å²) in [5.74, 6) is 0.679. The lowest BCUT2D eigenvalue weighted by atomic mass is 9.99. The third-order valence-corrected chi connectivity index (χ3v) is 4.02. The third kappa shape index (κ3) is 2.69. The van der Waals surface area contributed by atoms with Crippen molar-refractivity contribution < 1.29 is 0 Å². The van der Waals surface area contributed by atoms with E-state index in [0.29, 0.717) is 12.0 Å². The molecule has 1 aliphatic rings. The molecule has 0 radical (unpaired) electrons. The average molecular weight is 252 g/mol. The van der Waals surface area contributed by atoms with Crippen LogP contribution in [0.3, 0.4) is 0 Å².